The molecular formula is C32H37N5O3. The number of nitrogens with one attached hydrogen (secondary N) is 3. The van der Waals surface area contributed by atoms with Crippen molar-refractivity contribution >= 4 is 23.1 Å². The molecule has 0 spiro atoms. The number of aryl methyl sites for hydroxylation is 1. The van der Waals surface area contributed by atoms with Crippen molar-refractivity contribution in [1.82, 2.24) is 14.9 Å². The fourth-order valence-corrected chi connectivity index (χ4v) is 4.39. The highest BCUT2D eigenvalue weighted by Gasteiger charge is 2.16. The van der Waals surface area contributed by atoms with Gasteiger partial charge in [-0.25, -0.2) is 4.98 Å². The van der Waals surface area contributed by atoms with E-state index in [4.69, 9.17) is 5.11 Å². The van der Waals surface area contributed by atoms with Gasteiger partial charge in [0.2, 0.25) is 0 Å². The van der Waals surface area contributed by atoms with Crippen molar-refractivity contribution in [3.05, 3.63) is 106 Å². The minimum Gasteiger partial charge on any atom is -0.395 e. The van der Waals surface area contributed by atoms with Gasteiger partial charge in [0.05, 0.1) is 12.3 Å². The maximum Gasteiger partial charge on any atom is 0.293 e. The Labute approximate surface area is 235 Å². The van der Waals surface area contributed by atoms with Gasteiger partial charge in [-0.2, -0.15) is 0 Å². The number of hydrogen-bond donors (Lipinski definition) is 4. The Bertz CT molecular complexity index is 1550. The normalized spacial score (nSPS) is 11.3. The Kier molecular flexibility index (Phi) is 8.82. The number of amides is 1. The zero-order valence-corrected chi connectivity index (χ0v) is 23.7. The van der Waals surface area contributed by atoms with E-state index in [-0.39, 0.29) is 29.3 Å². The number of aliphatic hydroxyl groups is 1. The van der Waals surface area contributed by atoms with E-state index in [0.29, 0.717) is 30.0 Å². The predicted molar refractivity (Wildman–Crippen MR) is 161 cm³/mol. The molecule has 0 saturated carbocycles. The van der Waals surface area contributed by atoms with Crippen LogP contribution in [-0.2, 0) is 19.0 Å². The average molecular weight is 540 g/mol. The van der Waals surface area contributed by atoms with Crippen molar-refractivity contribution in [2.24, 2.45) is 7.05 Å². The minimum absolute atomic E-state index is 0.0106. The second-order valence-electron chi connectivity index (χ2n) is 10.9. The van der Waals surface area contributed by atoms with Crippen LogP contribution in [0.15, 0.2) is 77.7 Å². The summed E-state index contributed by atoms with van der Waals surface area (Å²) in [5, 5.41) is 18.3. The van der Waals surface area contributed by atoms with Gasteiger partial charge >= 0.3 is 0 Å². The monoisotopic (exact) mass is 539 g/mol. The highest BCUT2D eigenvalue weighted by atomic mass is 16.3. The maximum absolute atomic E-state index is 13.0. The topological polar surface area (TPSA) is 108 Å². The van der Waals surface area contributed by atoms with Crippen LogP contribution in [0.1, 0.15) is 47.8 Å². The highest BCUT2D eigenvalue weighted by Crippen LogP contribution is 2.29. The first-order chi connectivity index (χ1) is 19.1. The fraction of sp³-hybridized carbons (Fsp3) is 0.281. The van der Waals surface area contributed by atoms with E-state index in [9.17, 15) is 9.59 Å². The third-order valence-corrected chi connectivity index (χ3v) is 6.75. The van der Waals surface area contributed by atoms with E-state index in [1.54, 1.807) is 13.2 Å². The summed E-state index contributed by atoms with van der Waals surface area (Å²) in [6.07, 6.45) is 1.70. The Balaban J connectivity index is 1.58. The Morgan fingerprint density at radius 3 is 2.45 bits per heavy atom. The van der Waals surface area contributed by atoms with Gasteiger partial charge in [0.15, 0.2) is 5.82 Å². The van der Waals surface area contributed by atoms with Gasteiger partial charge in [-0.1, -0.05) is 57.2 Å². The molecule has 40 heavy (non-hydrogen) atoms. The zero-order chi connectivity index (χ0) is 28.9. The lowest BCUT2D eigenvalue weighted by Crippen LogP contribution is -2.22. The van der Waals surface area contributed by atoms with Gasteiger partial charge in [-0.05, 0) is 59.4 Å². The number of nitrogens with zero attached hydrogens (tertiary/aromatic N) is 2. The van der Waals surface area contributed by atoms with Gasteiger partial charge in [0.25, 0.3) is 11.5 Å². The molecule has 0 aliphatic rings. The molecule has 0 aliphatic carbocycles. The number of carbonyl (C=O) groups is 1. The minimum atomic E-state index is -0.256. The van der Waals surface area contributed by atoms with Crippen LogP contribution in [0.4, 0.5) is 17.2 Å². The number of hydrogen-bond acceptors (Lipinski definition) is 6. The molecule has 0 saturated heterocycles. The molecule has 208 valence electrons. The largest absolute Gasteiger partial charge is 0.395 e. The van der Waals surface area contributed by atoms with Crippen LogP contribution in [0.5, 0.6) is 0 Å². The van der Waals surface area contributed by atoms with E-state index in [1.165, 1.54) is 4.57 Å². The van der Waals surface area contributed by atoms with E-state index in [2.05, 4.69) is 41.7 Å². The summed E-state index contributed by atoms with van der Waals surface area (Å²) in [7, 11) is 1.69. The van der Waals surface area contributed by atoms with Crippen LogP contribution >= 0.6 is 0 Å². The van der Waals surface area contributed by atoms with Crippen LogP contribution in [0, 0.1) is 6.92 Å². The summed E-state index contributed by atoms with van der Waals surface area (Å²) in [5.41, 5.74) is 6.18. The molecular weight excluding hydrogens is 502 g/mol. The van der Waals surface area contributed by atoms with Crippen molar-refractivity contribution in [1.29, 1.82) is 0 Å². The third-order valence-electron chi connectivity index (χ3n) is 6.75. The molecule has 0 fully saturated rings. The molecule has 0 radical (unpaired) electrons. The molecule has 8 nitrogen and oxygen atoms in total. The number of carbonyl (C=O) groups excluding carboxylic acids is 1. The van der Waals surface area contributed by atoms with Gasteiger partial charge in [-0.15, -0.1) is 0 Å². The Morgan fingerprint density at radius 2 is 1.75 bits per heavy atom. The first-order valence-corrected chi connectivity index (χ1v) is 13.3. The first kappa shape index (κ1) is 28.7. The molecule has 0 bridgehead atoms. The number of anilines is 3. The first-order valence-electron chi connectivity index (χ1n) is 13.3. The summed E-state index contributed by atoms with van der Waals surface area (Å²) >= 11 is 0. The van der Waals surface area contributed by atoms with Crippen LogP contribution in [0.25, 0.3) is 11.3 Å². The van der Waals surface area contributed by atoms with Crippen LogP contribution < -0.4 is 21.5 Å². The molecule has 3 aromatic carbocycles. The summed E-state index contributed by atoms with van der Waals surface area (Å²) in [5.74, 6) is 0.0121. The molecule has 1 amide bonds. The van der Waals surface area contributed by atoms with E-state index in [1.807, 2.05) is 73.7 Å². The molecule has 1 heterocycles. The maximum atomic E-state index is 13.0. The van der Waals surface area contributed by atoms with Crippen molar-refractivity contribution < 1.29 is 9.90 Å². The molecule has 0 unspecified atom stereocenters. The van der Waals surface area contributed by atoms with Gasteiger partial charge in [0, 0.05) is 48.8 Å². The van der Waals surface area contributed by atoms with Gasteiger partial charge < -0.3 is 25.6 Å². The van der Waals surface area contributed by atoms with E-state index < -0.39 is 0 Å². The summed E-state index contributed by atoms with van der Waals surface area (Å²) < 4.78 is 1.50. The van der Waals surface area contributed by atoms with Crippen molar-refractivity contribution in [3.8, 4) is 11.3 Å². The zero-order valence-electron chi connectivity index (χ0n) is 23.7. The molecule has 4 aromatic rings. The molecule has 4 rings (SSSR count). The number of aromatic nitrogens is 2. The van der Waals surface area contributed by atoms with Gasteiger partial charge in [0.1, 0.15) is 0 Å². The fourth-order valence-electron chi connectivity index (χ4n) is 4.39. The number of aliphatic hydroxyl groups excluding tert-OH is 1. The Hall–Kier alpha value is -4.27. The third kappa shape index (κ3) is 6.83. The van der Waals surface area contributed by atoms with Gasteiger partial charge in [-0.3, -0.25) is 9.59 Å². The second kappa shape index (κ2) is 12.3. The molecule has 4 N–H and O–H groups in total. The summed E-state index contributed by atoms with van der Waals surface area (Å²) in [6, 6.07) is 21.0. The lowest BCUT2D eigenvalue weighted by atomic mass is 9.86. The van der Waals surface area contributed by atoms with Crippen molar-refractivity contribution in [3.63, 3.8) is 0 Å². The summed E-state index contributed by atoms with van der Waals surface area (Å²) in [4.78, 5) is 30.6. The number of benzene rings is 3. The quantitative estimate of drug-likeness (QED) is 0.220. The lowest BCUT2D eigenvalue weighted by molar-refractivity contribution is 0.102. The predicted octanol–water partition coefficient (Wildman–Crippen LogP) is 5.13. The SMILES string of the molecule is Cc1c(NC(=O)c2ccc(C(C)(C)C)cc2)cccc1-c1cn(C)c(=O)c(Nc2cccc(CNCCO)c2)n1. The standard InChI is InChI=1S/C32H37N5O3/c1-21-26(10-7-11-27(21)36-30(39)23-12-14-24(15-13-23)32(2,3)4)28-20-37(5)31(40)29(35-28)34-25-9-6-8-22(18-25)19-33-16-17-38/h6-15,18,20,33,38H,16-17,19H2,1-5H3,(H,34,35)(H,36,39). The highest BCUT2D eigenvalue weighted by molar-refractivity contribution is 6.05. The van der Waals surface area contributed by atoms with Crippen molar-refractivity contribution in [2.75, 3.05) is 23.8 Å². The average Bonchev–Trinajstić information content (AvgIpc) is 2.92. The molecule has 0 atom stereocenters. The summed E-state index contributed by atoms with van der Waals surface area (Å²) in [6.45, 7) is 9.52. The van der Waals surface area contributed by atoms with E-state index in [0.717, 1.165) is 27.9 Å². The second-order valence-corrected chi connectivity index (χ2v) is 10.9. The molecule has 0 aliphatic heterocycles. The molecule has 1 aromatic heterocycles. The smallest absolute Gasteiger partial charge is 0.293 e. The van der Waals surface area contributed by atoms with Crippen LogP contribution in [0.2, 0.25) is 0 Å². The number of rotatable bonds is 9. The van der Waals surface area contributed by atoms with Crippen LogP contribution in [-0.4, -0.2) is 33.7 Å². The van der Waals surface area contributed by atoms with Crippen molar-refractivity contribution in [2.45, 2.75) is 39.7 Å². The van der Waals surface area contributed by atoms with E-state index >= 15 is 0 Å². The van der Waals surface area contributed by atoms with Crippen LogP contribution in [0.3, 0.4) is 0 Å². The molecule has 8 heteroatoms. The Morgan fingerprint density at radius 1 is 1.02 bits per heavy atom. The lowest BCUT2D eigenvalue weighted by Gasteiger charge is -2.19.